The molecular weight excluding hydrogens is 532 g/mol. The molecule has 0 aromatic heterocycles. The van der Waals surface area contributed by atoms with Crippen LogP contribution in [0.4, 0.5) is 0 Å². The first-order valence-corrected chi connectivity index (χ1v) is 14.5. The van der Waals surface area contributed by atoms with Crippen molar-refractivity contribution in [1.82, 2.24) is 10.2 Å². The van der Waals surface area contributed by atoms with Crippen molar-refractivity contribution in [1.29, 1.82) is 0 Å². The minimum Gasteiger partial charge on any atom is -0.507 e. The highest BCUT2D eigenvalue weighted by atomic mass is 35.5. The molecular formula is C27H31ClN2O7S. The van der Waals surface area contributed by atoms with Gasteiger partial charge in [0.1, 0.15) is 5.57 Å². The molecule has 204 valence electrons. The molecule has 1 spiro atoms. The molecule has 1 unspecified atom stereocenters. The predicted molar refractivity (Wildman–Crippen MR) is 144 cm³/mol. The Labute approximate surface area is 227 Å². The van der Waals surface area contributed by atoms with Crippen LogP contribution in [0.3, 0.4) is 0 Å². The van der Waals surface area contributed by atoms with Crippen molar-refractivity contribution in [3.05, 3.63) is 58.3 Å². The smallest absolute Gasteiger partial charge is 0.343 e. The average molecular weight is 563 g/mol. The number of esters is 1. The number of halogens is 1. The summed E-state index contributed by atoms with van der Waals surface area (Å²) in [4.78, 5) is 27.4. The van der Waals surface area contributed by atoms with Gasteiger partial charge < -0.3 is 19.9 Å². The van der Waals surface area contributed by atoms with Gasteiger partial charge in [0.25, 0.3) is 0 Å². The normalized spacial score (nSPS) is 20.2. The summed E-state index contributed by atoms with van der Waals surface area (Å²) >= 11 is 6.62. The van der Waals surface area contributed by atoms with Crippen molar-refractivity contribution in [2.75, 3.05) is 46.2 Å². The molecule has 1 fully saturated rings. The first-order valence-electron chi connectivity index (χ1n) is 12.2. The van der Waals surface area contributed by atoms with Crippen LogP contribution in [-0.2, 0) is 28.9 Å². The molecule has 1 saturated heterocycles. The van der Waals surface area contributed by atoms with Crippen LogP contribution < -0.4 is 5.32 Å². The van der Waals surface area contributed by atoms with Gasteiger partial charge in [0.2, 0.25) is 5.91 Å². The van der Waals surface area contributed by atoms with Crippen molar-refractivity contribution in [2.45, 2.75) is 30.3 Å². The number of hydrogen-bond acceptors (Lipinski definition) is 8. The number of amides is 1. The van der Waals surface area contributed by atoms with E-state index in [1.807, 2.05) is 4.90 Å². The lowest BCUT2D eigenvalue weighted by molar-refractivity contribution is -0.152. The lowest BCUT2D eigenvalue weighted by atomic mass is 9.87. The molecule has 2 aliphatic heterocycles. The fourth-order valence-corrected chi connectivity index (χ4v) is 5.92. The van der Waals surface area contributed by atoms with E-state index in [1.54, 1.807) is 44.4 Å². The maximum absolute atomic E-state index is 13.1. The zero-order chi connectivity index (χ0) is 27.7. The van der Waals surface area contributed by atoms with Crippen LogP contribution >= 0.6 is 11.6 Å². The molecule has 9 nitrogen and oxygen atoms in total. The number of likely N-dealkylation sites (tertiary alicyclic amines) is 1. The van der Waals surface area contributed by atoms with Crippen LogP contribution in [0.2, 0.25) is 5.02 Å². The van der Waals surface area contributed by atoms with E-state index in [1.165, 1.54) is 6.07 Å². The van der Waals surface area contributed by atoms with Gasteiger partial charge in [0.15, 0.2) is 21.2 Å². The Bertz CT molecular complexity index is 1410. The summed E-state index contributed by atoms with van der Waals surface area (Å²) in [6.07, 6.45) is 2.20. The van der Waals surface area contributed by atoms with Crippen LogP contribution in [0.15, 0.2) is 47.1 Å². The number of aryl methyl sites for hydroxylation is 1. The van der Waals surface area contributed by atoms with Gasteiger partial charge >= 0.3 is 5.97 Å². The lowest BCUT2D eigenvalue weighted by Gasteiger charge is -2.38. The van der Waals surface area contributed by atoms with Crippen molar-refractivity contribution in [2.24, 2.45) is 0 Å². The van der Waals surface area contributed by atoms with Crippen molar-refractivity contribution < 1.29 is 32.6 Å². The Morgan fingerprint density at radius 3 is 2.74 bits per heavy atom. The highest BCUT2D eigenvalue weighted by molar-refractivity contribution is 7.90. The molecule has 0 saturated carbocycles. The minimum absolute atomic E-state index is 0.0484. The molecule has 0 radical (unpaired) electrons. The summed E-state index contributed by atoms with van der Waals surface area (Å²) in [5.41, 5.74) is 1.12. The quantitative estimate of drug-likeness (QED) is 0.372. The molecule has 2 aromatic rings. The topological polar surface area (TPSA) is 122 Å². The van der Waals surface area contributed by atoms with Gasteiger partial charge in [0, 0.05) is 37.0 Å². The van der Waals surface area contributed by atoms with Crippen LogP contribution in [-0.4, -0.2) is 82.1 Å². The van der Waals surface area contributed by atoms with Crippen LogP contribution in [0.5, 0.6) is 0 Å². The number of piperidine rings is 1. The molecule has 2 aliphatic rings. The zero-order valence-corrected chi connectivity index (χ0v) is 23.1. The number of benzene rings is 2. The van der Waals surface area contributed by atoms with Gasteiger partial charge in [0.05, 0.1) is 18.0 Å². The molecule has 1 amide bonds. The van der Waals surface area contributed by atoms with Crippen molar-refractivity contribution in [3.8, 4) is 11.1 Å². The molecule has 1 atom stereocenters. The van der Waals surface area contributed by atoms with Crippen LogP contribution in [0.25, 0.3) is 16.7 Å². The standard InChI is InChI=1S/C27H31ClN2O7S/c1-17-12-21(18-6-4-7-19(13-18)38(3,34)35)22(28)14-20(17)24-25(32)27(37-26(24)33)8-5-10-30(16-27)15-23(31)29-9-11-36-2/h4,6-7,12-14,32H,5,8-11,15-16H2,1-3H3,(H,29,31). The van der Waals surface area contributed by atoms with Crippen LogP contribution in [0.1, 0.15) is 24.0 Å². The minimum atomic E-state index is -3.41. The fourth-order valence-electron chi connectivity index (χ4n) is 4.98. The Balaban J connectivity index is 1.63. The molecule has 2 N–H and O–H groups in total. The molecule has 0 aliphatic carbocycles. The molecule has 4 rings (SSSR count). The van der Waals surface area contributed by atoms with Crippen molar-refractivity contribution in [3.63, 3.8) is 0 Å². The number of aliphatic hydroxyl groups is 1. The predicted octanol–water partition coefficient (Wildman–Crippen LogP) is 3.14. The van der Waals surface area contributed by atoms with Gasteiger partial charge in [-0.3, -0.25) is 9.69 Å². The highest BCUT2D eigenvalue weighted by Crippen LogP contribution is 2.44. The fraction of sp³-hybridized carbons (Fsp3) is 0.407. The zero-order valence-electron chi connectivity index (χ0n) is 21.5. The van der Waals surface area contributed by atoms with E-state index in [-0.39, 0.29) is 35.2 Å². The van der Waals surface area contributed by atoms with Gasteiger partial charge in [-0.05, 0) is 67.3 Å². The highest BCUT2D eigenvalue weighted by Gasteiger charge is 2.51. The Morgan fingerprint density at radius 1 is 1.26 bits per heavy atom. The van der Waals surface area contributed by atoms with E-state index < -0.39 is 21.4 Å². The second-order valence-corrected chi connectivity index (χ2v) is 12.1. The summed E-state index contributed by atoms with van der Waals surface area (Å²) in [5, 5.41) is 14.4. The second-order valence-electron chi connectivity index (χ2n) is 9.71. The lowest BCUT2D eigenvalue weighted by Crippen LogP contribution is -2.52. The van der Waals surface area contributed by atoms with Gasteiger partial charge in [-0.25, -0.2) is 13.2 Å². The number of sulfone groups is 1. The average Bonchev–Trinajstić information content (AvgIpc) is 3.08. The summed E-state index contributed by atoms with van der Waals surface area (Å²) < 4.78 is 34.7. The number of methoxy groups -OCH3 is 1. The SMILES string of the molecule is COCCNC(=O)CN1CCCC2(C1)OC(=O)C(c1cc(Cl)c(-c3cccc(S(C)(=O)=O)c3)cc1C)=C2O. The van der Waals surface area contributed by atoms with Crippen molar-refractivity contribution >= 4 is 38.9 Å². The maximum atomic E-state index is 13.1. The number of aliphatic hydroxyl groups excluding tert-OH is 1. The molecule has 2 heterocycles. The first kappa shape index (κ1) is 28.1. The van der Waals surface area contributed by atoms with E-state index in [2.05, 4.69) is 5.32 Å². The Hall–Kier alpha value is -2.92. The third kappa shape index (κ3) is 5.73. The number of nitrogens with zero attached hydrogens (tertiary/aromatic N) is 1. The third-order valence-electron chi connectivity index (χ3n) is 6.85. The summed E-state index contributed by atoms with van der Waals surface area (Å²) in [7, 11) is -1.85. The molecule has 11 heteroatoms. The van der Waals surface area contributed by atoms with E-state index >= 15 is 0 Å². The van der Waals surface area contributed by atoms with E-state index in [0.29, 0.717) is 59.8 Å². The summed E-state index contributed by atoms with van der Waals surface area (Å²) in [6.45, 7) is 3.52. The van der Waals surface area contributed by atoms with Gasteiger partial charge in [-0.15, -0.1) is 0 Å². The monoisotopic (exact) mass is 562 g/mol. The largest absolute Gasteiger partial charge is 0.507 e. The first-order chi connectivity index (χ1) is 17.9. The third-order valence-corrected chi connectivity index (χ3v) is 8.27. The number of hydrogen-bond donors (Lipinski definition) is 2. The molecule has 2 aromatic carbocycles. The Kier molecular flexibility index (Phi) is 8.17. The van der Waals surface area contributed by atoms with E-state index in [0.717, 1.165) is 6.26 Å². The summed E-state index contributed by atoms with van der Waals surface area (Å²) in [5.74, 6) is -0.997. The summed E-state index contributed by atoms with van der Waals surface area (Å²) in [6, 6.07) is 9.82. The second kappa shape index (κ2) is 11.1. The van der Waals surface area contributed by atoms with E-state index in [4.69, 9.17) is 21.1 Å². The number of rotatable bonds is 8. The van der Waals surface area contributed by atoms with E-state index in [9.17, 15) is 23.1 Å². The number of ether oxygens (including phenoxy) is 2. The van der Waals surface area contributed by atoms with Crippen LogP contribution in [0, 0.1) is 6.92 Å². The van der Waals surface area contributed by atoms with Gasteiger partial charge in [-0.1, -0.05) is 23.7 Å². The number of carbonyl (C=O) groups excluding carboxylic acids is 2. The number of carbonyl (C=O) groups is 2. The Morgan fingerprint density at radius 2 is 2.03 bits per heavy atom. The maximum Gasteiger partial charge on any atom is 0.343 e. The molecule has 38 heavy (non-hydrogen) atoms. The molecule has 0 bridgehead atoms. The number of nitrogens with one attached hydrogen (secondary N) is 1. The van der Waals surface area contributed by atoms with Gasteiger partial charge in [-0.2, -0.15) is 0 Å².